The van der Waals surface area contributed by atoms with Crippen LogP contribution in [0.4, 0.5) is 4.39 Å². The van der Waals surface area contributed by atoms with Gasteiger partial charge in [0.1, 0.15) is 5.82 Å². The molecule has 0 radical (unpaired) electrons. The van der Waals surface area contributed by atoms with Crippen molar-refractivity contribution in [3.05, 3.63) is 35.6 Å². The Morgan fingerprint density at radius 1 is 1.28 bits per heavy atom. The van der Waals surface area contributed by atoms with E-state index in [4.69, 9.17) is 0 Å². The Kier molecular flexibility index (Phi) is 5.99. The first-order valence-electron chi connectivity index (χ1n) is 6.61. The molecule has 0 fully saturated rings. The minimum atomic E-state index is -0.304. The maximum absolute atomic E-state index is 12.8. The number of hydrogen-bond acceptors (Lipinski definition) is 2. The Morgan fingerprint density at radius 2 is 1.89 bits per heavy atom. The molecule has 2 nitrogen and oxygen atoms in total. The van der Waals surface area contributed by atoms with Gasteiger partial charge in [-0.25, -0.2) is 4.39 Å². The first kappa shape index (κ1) is 14.8. The van der Waals surface area contributed by atoms with Gasteiger partial charge in [0.15, 0.2) is 5.78 Å². The summed E-state index contributed by atoms with van der Waals surface area (Å²) >= 11 is 0. The topological polar surface area (TPSA) is 20.3 Å². The molecule has 1 aromatic rings. The number of benzene rings is 1. The average Bonchev–Trinajstić information content (AvgIpc) is 2.39. The summed E-state index contributed by atoms with van der Waals surface area (Å²) in [4.78, 5) is 14.2. The lowest BCUT2D eigenvalue weighted by atomic mass is 10.1. The molecule has 0 spiro atoms. The highest BCUT2D eigenvalue weighted by molar-refractivity contribution is 5.96. The summed E-state index contributed by atoms with van der Waals surface area (Å²) in [6, 6.07) is 6.27. The van der Waals surface area contributed by atoms with Crippen molar-refractivity contribution in [3.63, 3.8) is 0 Å². The van der Waals surface area contributed by atoms with Crippen molar-refractivity contribution in [2.75, 3.05) is 13.1 Å². The molecular formula is C15H22FNO. The quantitative estimate of drug-likeness (QED) is 0.691. The zero-order chi connectivity index (χ0) is 13.5. The Labute approximate surface area is 109 Å². The number of ketones is 1. The first-order chi connectivity index (χ1) is 8.58. The van der Waals surface area contributed by atoms with E-state index in [1.807, 2.05) is 0 Å². The molecule has 0 saturated heterocycles. The van der Waals surface area contributed by atoms with Crippen LogP contribution in [0.2, 0.25) is 0 Å². The van der Waals surface area contributed by atoms with Gasteiger partial charge in [-0.3, -0.25) is 4.79 Å². The van der Waals surface area contributed by atoms with Crippen LogP contribution < -0.4 is 0 Å². The number of rotatable bonds is 7. The van der Waals surface area contributed by atoms with Gasteiger partial charge in [-0.2, -0.15) is 0 Å². The van der Waals surface area contributed by atoms with Crippen molar-refractivity contribution in [1.29, 1.82) is 0 Å². The van der Waals surface area contributed by atoms with E-state index in [0.717, 1.165) is 19.5 Å². The van der Waals surface area contributed by atoms with Gasteiger partial charge in [0.2, 0.25) is 0 Å². The summed E-state index contributed by atoms with van der Waals surface area (Å²) in [5.41, 5.74) is 0.594. The molecule has 0 bridgehead atoms. The second-order valence-electron chi connectivity index (χ2n) is 4.57. The molecule has 0 aliphatic rings. The molecule has 1 unspecified atom stereocenters. The standard InChI is InChI=1S/C15H22FNO/c1-4-12(3)17(5-2)11-10-15(18)13-6-8-14(16)9-7-13/h6-9,12H,4-5,10-11H2,1-3H3. The fraction of sp³-hybridized carbons (Fsp3) is 0.533. The third-order valence-corrected chi connectivity index (χ3v) is 3.41. The van der Waals surface area contributed by atoms with Crippen LogP contribution in [0.5, 0.6) is 0 Å². The highest BCUT2D eigenvalue weighted by Gasteiger charge is 2.12. The minimum absolute atomic E-state index is 0.0803. The summed E-state index contributed by atoms with van der Waals surface area (Å²) in [5, 5.41) is 0. The van der Waals surface area contributed by atoms with Crippen molar-refractivity contribution in [1.82, 2.24) is 4.90 Å². The summed E-state index contributed by atoms with van der Waals surface area (Å²) in [5.74, 6) is -0.224. The lowest BCUT2D eigenvalue weighted by Crippen LogP contribution is -2.34. The Balaban J connectivity index is 2.52. The predicted molar refractivity (Wildman–Crippen MR) is 72.3 cm³/mol. The van der Waals surface area contributed by atoms with Gasteiger partial charge in [0.05, 0.1) is 0 Å². The largest absolute Gasteiger partial charge is 0.300 e. The van der Waals surface area contributed by atoms with E-state index in [-0.39, 0.29) is 11.6 Å². The first-order valence-corrected chi connectivity index (χ1v) is 6.61. The Hall–Kier alpha value is -1.22. The van der Waals surface area contributed by atoms with Crippen LogP contribution in [0.15, 0.2) is 24.3 Å². The molecule has 0 saturated carbocycles. The van der Waals surface area contributed by atoms with Gasteiger partial charge in [-0.05, 0) is 44.2 Å². The van der Waals surface area contributed by atoms with Crippen LogP contribution in [-0.4, -0.2) is 29.8 Å². The number of halogens is 1. The summed E-state index contributed by atoms with van der Waals surface area (Å²) in [6.07, 6.45) is 1.57. The van der Waals surface area contributed by atoms with Crippen LogP contribution in [0.1, 0.15) is 44.0 Å². The smallest absolute Gasteiger partial charge is 0.164 e. The number of Topliss-reactive ketones (excluding diaryl/α,β-unsaturated/α-hetero) is 1. The summed E-state index contributed by atoms with van der Waals surface area (Å²) in [7, 11) is 0. The molecule has 1 aromatic carbocycles. The molecule has 0 aliphatic heterocycles. The van der Waals surface area contributed by atoms with Crippen molar-refractivity contribution < 1.29 is 9.18 Å². The van der Waals surface area contributed by atoms with Gasteiger partial charge in [0.25, 0.3) is 0 Å². The minimum Gasteiger partial charge on any atom is -0.300 e. The van der Waals surface area contributed by atoms with E-state index < -0.39 is 0 Å². The number of carbonyl (C=O) groups excluding carboxylic acids is 1. The lowest BCUT2D eigenvalue weighted by molar-refractivity contribution is 0.0954. The second kappa shape index (κ2) is 7.27. The molecule has 0 heterocycles. The fourth-order valence-electron chi connectivity index (χ4n) is 1.97. The fourth-order valence-corrected chi connectivity index (χ4v) is 1.97. The maximum atomic E-state index is 12.8. The Morgan fingerprint density at radius 3 is 2.39 bits per heavy atom. The third-order valence-electron chi connectivity index (χ3n) is 3.41. The molecule has 3 heteroatoms. The molecular weight excluding hydrogens is 229 g/mol. The molecule has 1 rings (SSSR count). The monoisotopic (exact) mass is 251 g/mol. The summed E-state index contributed by atoms with van der Waals surface area (Å²) < 4.78 is 12.8. The third kappa shape index (κ3) is 4.22. The highest BCUT2D eigenvalue weighted by Crippen LogP contribution is 2.09. The van der Waals surface area contributed by atoms with Gasteiger partial charge in [-0.15, -0.1) is 0 Å². The SMILES string of the molecule is CCC(C)N(CC)CCC(=O)c1ccc(F)cc1. The zero-order valence-electron chi connectivity index (χ0n) is 11.4. The molecule has 0 aromatic heterocycles. The number of carbonyl (C=O) groups is 1. The molecule has 100 valence electrons. The van der Waals surface area contributed by atoms with Gasteiger partial charge < -0.3 is 4.90 Å². The maximum Gasteiger partial charge on any atom is 0.164 e. The Bertz CT molecular complexity index is 375. The van der Waals surface area contributed by atoms with Crippen molar-refractivity contribution >= 4 is 5.78 Å². The molecule has 0 amide bonds. The van der Waals surface area contributed by atoms with E-state index in [1.54, 1.807) is 12.1 Å². The van der Waals surface area contributed by atoms with Gasteiger partial charge in [0, 0.05) is 24.6 Å². The second-order valence-corrected chi connectivity index (χ2v) is 4.57. The van der Waals surface area contributed by atoms with Crippen molar-refractivity contribution in [3.8, 4) is 0 Å². The van der Waals surface area contributed by atoms with Crippen LogP contribution in [0, 0.1) is 5.82 Å². The van der Waals surface area contributed by atoms with Crippen molar-refractivity contribution in [2.24, 2.45) is 0 Å². The van der Waals surface area contributed by atoms with E-state index in [9.17, 15) is 9.18 Å². The van der Waals surface area contributed by atoms with Crippen LogP contribution in [0.3, 0.4) is 0 Å². The molecule has 0 aliphatic carbocycles. The molecule has 1 atom stereocenters. The molecule has 18 heavy (non-hydrogen) atoms. The van der Waals surface area contributed by atoms with Crippen molar-refractivity contribution in [2.45, 2.75) is 39.7 Å². The number of hydrogen-bond donors (Lipinski definition) is 0. The zero-order valence-corrected chi connectivity index (χ0v) is 11.4. The van der Waals surface area contributed by atoms with Crippen LogP contribution in [-0.2, 0) is 0 Å². The van der Waals surface area contributed by atoms with Gasteiger partial charge >= 0.3 is 0 Å². The number of nitrogens with zero attached hydrogens (tertiary/aromatic N) is 1. The van der Waals surface area contributed by atoms with Gasteiger partial charge in [-0.1, -0.05) is 13.8 Å². The van der Waals surface area contributed by atoms with E-state index in [2.05, 4.69) is 25.7 Å². The van der Waals surface area contributed by atoms with E-state index in [0.29, 0.717) is 18.0 Å². The summed E-state index contributed by atoms with van der Waals surface area (Å²) in [6.45, 7) is 8.14. The predicted octanol–water partition coefficient (Wildman–Crippen LogP) is 3.52. The average molecular weight is 251 g/mol. The normalized spacial score (nSPS) is 12.7. The lowest BCUT2D eigenvalue weighted by Gasteiger charge is -2.26. The van der Waals surface area contributed by atoms with E-state index in [1.165, 1.54) is 12.1 Å². The van der Waals surface area contributed by atoms with Crippen LogP contribution >= 0.6 is 0 Å². The molecule has 0 N–H and O–H groups in total. The van der Waals surface area contributed by atoms with E-state index >= 15 is 0 Å². The van der Waals surface area contributed by atoms with Crippen LogP contribution in [0.25, 0.3) is 0 Å². The highest BCUT2D eigenvalue weighted by atomic mass is 19.1.